The van der Waals surface area contributed by atoms with Crippen molar-refractivity contribution in [2.75, 3.05) is 12.5 Å². The fraction of sp³-hybridized carbons (Fsp3) is 0.462. The summed E-state index contributed by atoms with van der Waals surface area (Å²) in [6, 6.07) is 5.34. The van der Waals surface area contributed by atoms with Gasteiger partial charge in [-0.1, -0.05) is 13.0 Å². The van der Waals surface area contributed by atoms with Crippen LogP contribution >= 0.6 is 0 Å². The van der Waals surface area contributed by atoms with E-state index >= 15 is 0 Å². The van der Waals surface area contributed by atoms with Gasteiger partial charge in [0.05, 0.1) is 5.25 Å². The molecule has 1 fully saturated rings. The summed E-state index contributed by atoms with van der Waals surface area (Å²) in [6.07, 6.45) is 0.743. The molecule has 1 saturated carbocycles. The summed E-state index contributed by atoms with van der Waals surface area (Å²) in [5.41, 5.74) is 0.823. The van der Waals surface area contributed by atoms with Gasteiger partial charge in [-0.15, -0.1) is 0 Å². The lowest BCUT2D eigenvalue weighted by atomic mass is 10.1. The number of carbonyl (C=O) groups is 1. The average Bonchev–Trinajstić information content (AvgIpc) is 2.99. The van der Waals surface area contributed by atoms with Gasteiger partial charge in [-0.05, 0) is 17.7 Å². The minimum atomic E-state index is -3.20. The minimum absolute atomic E-state index is 0.0586. The van der Waals surface area contributed by atoms with Crippen LogP contribution in [0.2, 0.25) is 0 Å². The van der Waals surface area contributed by atoms with Gasteiger partial charge >= 0.3 is 0 Å². The first-order valence-corrected chi connectivity index (χ1v) is 7.86. The van der Waals surface area contributed by atoms with E-state index in [1.54, 1.807) is 25.1 Å². The van der Waals surface area contributed by atoms with Gasteiger partial charge in [0.25, 0.3) is 0 Å². The summed E-state index contributed by atoms with van der Waals surface area (Å²) < 4.78 is 34.4. The molecule has 0 amide bonds. The standard InChI is InChI=1S/C13H14O5S/c1-2-19(15,16)13-9(6-14)12(13)8-3-4-10-11(5-8)18-7-17-10/h3-6,9,12-13H,2,7H2,1H3. The highest BCUT2D eigenvalue weighted by Crippen LogP contribution is 2.52. The predicted molar refractivity (Wildman–Crippen MR) is 68.1 cm³/mol. The Hall–Kier alpha value is -1.56. The Bertz CT molecular complexity index is 622. The van der Waals surface area contributed by atoms with Gasteiger partial charge < -0.3 is 14.3 Å². The largest absolute Gasteiger partial charge is 0.454 e. The number of benzene rings is 1. The number of fused-ring (bicyclic) bond motifs is 1. The molecule has 5 nitrogen and oxygen atoms in total. The van der Waals surface area contributed by atoms with Crippen molar-refractivity contribution < 1.29 is 22.7 Å². The Morgan fingerprint density at radius 3 is 2.74 bits per heavy atom. The Balaban J connectivity index is 1.93. The topological polar surface area (TPSA) is 69.7 Å². The van der Waals surface area contributed by atoms with Crippen LogP contribution in [0.1, 0.15) is 18.4 Å². The molecule has 3 rings (SSSR count). The normalized spacial score (nSPS) is 28.2. The molecular formula is C13H14O5S. The fourth-order valence-corrected chi connectivity index (χ4v) is 4.45. The third kappa shape index (κ3) is 1.90. The second-order valence-corrected chi connectivity index (χ2v) is 7.22. The molecule has 1 aromatic carbocycles. The van der Waals surface area contributed by atoms with Crippen LogP contribution in [0, 0.1) is 5.92 Å². The van der Waals surface area contributed by atoms with Crippen molar-refractivity contribution in [3.8, 4) is 11.5 Å². The van der Waals surface area contributed by atoms with Crippen LogP contribution < -0.4 is 9.47 Å². The van der Waals surface area contributed by atoms with Crippen molar-refractivity contribution >= 4 is 16.1 Å². The van der Waals surface area contributed by atoms with Crippen LogP contribution in [0.15, 0.2) is 18.2 Å². The van der Waals surface area contributed by atoms with Crippen molar-refractivity contribution in [3.05, 3.63) is 23.8 Å². The Kier molecular flexibility index (Phi) is 2.78. The molecule has 19 heavy (non-hydrogen) atoms. The van der Waals surface area contributed by atoms with Crippen LogP contribution in [0.5, 0.6) is 11.5 Å². The molecule has 0 bridgehead atoms. The molecular weight excluding hydrogens is 268 g/mol. The summed E-state index contributed by atoms with van der Waals surface area (Å²) >= 11 is 0. The molecule has 3 unspecified atom stereocenters. The van der Waals surface area contributed by atoms with Gasteiger partial charge in [-0.3, -0.25) is 0 Å². The Morgan fingerprint density at radius 1 is 1.32 bits per heavy atom. The number of aldehydes is 1. The summed E-state index contributed by atoms with van der Waals surface area (Å²) in [4.78, 5) is 11.0. The summed E-state index contributed by atoms with van der Waals surface area (Å²) in [7, 11) is -3.20. The number of sulfone groups is 1. The van der Waals surface area contributed by atoms with Gasteiger partial charge in [-0.2, -0.15) is 0 Å². The lowest BCUT2D eigenvalue weighted by Crippen LogP contribution is -2.12. The van der Waals surface area contributed by atoms with E-state index in [2.05, 4.69) is 0 Å². The maximum atomic E-state index is 11.9. The van der Waals surface area contributed by atoms with E-state index in [4.69, 9.17) is 9.47 Å². The highest BCUT2D eigenvalue weighted by molar-refractivity contribution is 7.92. The summed E-state index contributed by atoms with van der Waals surface area (Å²) in [5.74, 6) is 0.634. The van der Waals surface area contributed by atoms with E-state index in [1.807, 2.05) is 0 Å². The number of hydrogen-bond donors (Lipinski definition) is 0. The van der Waals surface area contributed by atoms with Crippen molar-refractivity contribution in [1.29, 1.82) is 0 Å². The maximum absolute atomic E-state index is 11.9. The molecule has 0 saturated heterocycles. The average molecular weight is 282 g/mol. The molecule has 0 radical (unpaired) electrons. The fourth-order valence-electron chi connectivity index (χ4n) is 2.65. The first kappa shape index (κ1) is 12.5. The molecule has 1 aliphatic carbocycles. The quantitative estimate of drug-likeness (QED) is 0.774. The highest BCUT2D eigenvalue weighted by Gasteiger charge is 2.58. The van der Waals surface area contributed by atoms with Gasteiger partial charge in [0.15, 0.2) is 21.3 Å². The van der Waals surface area contributed by atoms with Crippen molar-refractivity contribution in [3.63, 3.8) is 0 Å². The molecule has 3 atom stereocenters. The third-order valence-electron chi connectivity index (χ3n) is 3.76. The van der Waals surface area contributed by atoms with Gasteiger partial charge in [-0.25, -0.2) is 8.42 Å². The summed E-state index contributed by atoms with van der Waals surface area (Å²) in [6.45, 7) is 1.78. The SMILES string of the molecule is CCS(=O)(=O)C1C(C=O)C1c1ccc2c(c1)OCO2. The molecule has 0 N–H and O–H groups in total. The van der Waals surface area contributed by atoms with Crippen LogP contribution in [0.4, 0.5) is 0 Å². The number of carbonyl (C=O) groups excluding carboxylic acids is 1. The third-order valence-corrected chi connectivity index (χ3v) is 6.00. The minimum Gasteiger partial charge on any atom is -0.454 e. The van der Waals surface area contributed by atoms with Crippen molar-refractivity contribution in [1.82, 2.24) is 0 Å². The van der Waals surface area contributed by atoms with Crippen LogP contribution in [-0.4, -0.2) is 32.5 Å². The monoisotopic (exact) mass is 282 g/mol. The Labute approximate surface area is 111 Å². The van der Waals surface area contributed by atoms with E-state index in [9.17, 15) is 13.2 Å². The van der Waals surface area contributed by atoms with E-state index < -0.39 is 21.0 Å². The second kappa shape index (κ2) is 4.23. The van der Waals surface area contributed by atoms with Crippen LogP contribution in [0.3, 0.4) is 0 Å². The Morgan fingerprint density at radius 2 is 2.05 bits per heavy atom. The predicted octanol–water partition coefficient (Wildman–Crippen LogP) is 1.13. The zero-order valence-electron chi connectivity index (χ0n) is 10.4. The van der Waals surface area contributed by atoms with Gasteiger partial charge in [0.2, 0.25) is 6.79 Å². The van der Waals surface area contributed by atoms with Crippen molar-refractivity contribution in [2.45, 2.75) is 18.1 Å². The van der Waals surface area contributed by atoms with Crippen LogP contribution in [0.25, 0.3) is 0 Å². The van der Waals surface area contributed by atoms with Gasteiger partial charge in [0.1, 0.15) is 6.29 Å². The zero-order chi connectivity index (χ0) is 13.6. The molecule has 1 heterocycles. The lowest BCUT2D eigenvalue weighted by Gasteiger charge is -2.02. The number of hydrogen-bond acceptors (Lipinski definition) is 5. The molecule has 0 aromatic heterocycles. The van der Waals surface area contributed by atoms with E-state index in [0.717, 1.165) is 11.8 Å². The van der Waals surface area contributed by atoms with Crippen LogP contribution in [-0.2, 0) is 14.6 Å². The first-order chi connectivity index (χ1) is 9.08. The molecule has 2 aliphatic rings. The number of ether oxygens (including phenoxy) is 2. The first-order valence-electron chi connectivity index (χ1n) is 6.15. The van der Waals surface area contributed by atoms with Gasteiger partial charge in [0, 0.05) is 17.6 Å². The van der Waals surface area contributed by atoms with E-state index in [-0.39, 0.29) is 18.5 Å². The summed E-state index contributed by atoms with van der Waals surface area (Å²) in [5, 5.41) is -0.588. The smallest absolute Gasteiger partial charge is 0.231 e. The zero-order valence-corrected chi connectivity index (χ0v) is 11.2. The molecule has 1 aliphatic heterocycles. The maximum Gasteiger partial charge on any atom is 0.231 e. The lowest BCUT2D eigenvalue weighted by molar-refractivity contribution is -0.108. The second-order valence-electron chi connectivity index (χ2n) is 4.77. The molecule has 1 aromatic rings. The molecule has 102 valence electrons. The number of rotatable bonds is 4. The molecule has 0 spiro atoms. The molecule has 6 heteroatoms. The van der Waals surface area contributed by atoms with Crippen molar-refractivity contribution in [2.24, 2.45) is 5.92 Å². The highest BCUT2D eigenvalue weighted by atomic mass is 32.2. The van der Waals surface area contributed by atoms with E-state index in [0.29, 0.717) is 11.5 Å². The van der Waals surface area contributed by atoms with E-state index in [1.165, 1.54) is 0 Å².